The molecule has 1 aliphatic carbocycles. The average Bonchev–Trinajstić information content (AvgIpc) is 3.28. The van der Waals surface area contributed by atoms with Gasteiger partial charge in [-0.3, -0.25) is 9.59 Å². The molecule has 0 radical (unpaired) electrons. The van der Waals surface area contributed by atoms with E-state index in [1.165, 1.54) is 13.0 Å². The molecule has 2 rings (SSSR count). The lowest BCUT2D eigenvalue weighted by Crippen LogP contribution is -2.47. The third kappa shape index (κ3) is 7.07. The highest BCUT2D eigenvalue weighted by atomic mass is 32.2. The van der Waals surface area contributed by atoms with Crippen LogP contribution in [0.15, 0.2) is 57.8 Å². The van der Waals surface area contributed by atoms with Gasteiger partial charge in [-0.05, 0) is 45.3 Å². The maximum Gasteiger partial charge on any atom is 0.267 e. The molecule has 1 aliphatic heterocycles. The van der Waals surface area contributed by atoms with E-state index in [0.717, 1.165) is 25.7 Å². The molecule has 0 bridgehead atoms. The molecule has 188 valence electrons. The number of aliphatic hydroxyl groups is 2. The van der Waals surface area contributed by atoms with Gasteiger partial charge in [0.15, 0.2) is 10.7 Å². The maximum atomic E-state index is 13.6. The molecule has 10 heteroatoms. The van der Waals surface area contributed by atoms with Gasteiger partial charge in [0.25, 0.3) is 5.91 Å². The summed E-state index contributed by atoms with van der Waals surface area (Å²) in [6.07, 6.45) is 8.61. The van der Waals surface area contributed by atoms with Crippen LogP contribution in [0, 0.1) is 0 Å². The summed E-state index contributed by atoms with van der Waals surface area (Å²) >= 11 is -1.67. The third-order valence-corrected chi connectivity index (χ3v) is 7.11. The minimum Gasteiger partial charge on any atom is -0.593 e. The molecule has 0 saturated heterocycles. The molecule has 7 N–H and O–H groups in total. The van der Waals surface area contributed by atoms with Crippen LogP contribution in [0.2, 0.25) is 0 Å². The lowest BCUT2D eigenvalue weighted by molar-refractivity contribution is -0.118. The SMILES string of the molecule is C=C/C(=C\C(=C1\C=C(NC(CO)CO)C(=O)NC1C)[S+]([O-])NC1CCCC1)C(C(C)=O)=C(C)N. The second-order valence-corrected chi connectivity index (χ2v) is 9.78. The zero-order chi connectivity index (χ0) is 25.4. The molecule has 2 aliphatic rings. The van der Waals surface area contributed by atoms with Crippen molar-refractivity contribution < 1.29 is 24.4 Å². The predicted octanol–water partition coefficient (Wildman–Crippen LogP) is 0.716. The number of carbonyl (C=O) groups excluding carboxylic acids is 2. The molecule has 0 aromatic rings. The van der Waals surface area contributed by atoms with E-state index in [1.807, 2.05) is 0 Å². The zero-order valence-electron chi connectivity index (χ0n) is 20.0. The summed E-state index contributed by atoms with van der Waals surface area (Å²) < 4.78 is 16.7. The van der Waals surface area contributed by atoms with Crippen LogP contribution in [0.25, 0.3) is 0 Å². The summed E-state index contributed by atoms with van der Waals surface area (Å²) in [6, 6.07) is -1.13. The molecule has 1 saturated carbocycles. The van der Waals surface area contributed by atoms with Gasteiger partial charge in [0.1, 0.15) is 5.70 Å². The molecular formula is C24H36N4O5S. The summed E-state index contributed by atoms with van der Waals surface area (Å²) in [7, 11) is 0. The number of hydrogen-bond donors (Lipinski definition) is 6. The van der Waals surface area contributed by atoms with Crippen LogP contribution in [0.3, 0.4) is 0 Å². The van der Waals surface area contributed by atoms with Gasteiger partial charge in [-0.25, -0.2) is 0 Å². The van der Waals surface area contributed by atoms with E-state index < -0.39 is 29.4 Å². The predicted molar refractivity (Wildman–Crippen MR) is 133 cm³/mol. The standard InChI is InChI=1S/C24H36N4O5S/c1-5-17(23(14(2)25)16(4)31)10-22(34(33)28-18-8-6-7-9-18)20-11-21(24(32)26-15(20)3)27-19(12-29)13-30/h5,10-11,15,18-19,27-30H,1,6-9,12-13,25H2,2-4H3,(H,26,32)/b17-10+,22-20+,23-14?. The number of carbonyl (C=O) groups is 2. The number of nitrogens with one attached hydrogen (secondary N) is 3. The summed E-state index contributed by atoms with van der Waals surface area (Å²) in [5.41, 5.74) is 7.66. The fraction of sp³-hybridized carbons (Fsp3) is 0.500. The Kier molecular flexibility index (Phi) is 10.6. The Hall–Kier alpha value is -2.37. The lowest BCUT2D eigenvalue weighted by Gasteiger charge is -2.27. The normalized spacial score (nSPS) is 22.7. The first-order valence-electron chi connectivity index (χ1n) is 11.4. The number of Topliss-reactive ketones (excluding diaryl/α,β-unsaturated/α-hetero) is 1. The van der Waals surface area contributed by atoms with Crippen LogP contribution in [-0.4, -0.2) is 57.8 Å². The molecule has 0 spiro atoms. The topological polar surface area (TPSA) is 160 Å². The summed E-state index contributed by atoms with van der Waals surface area (Å²) in [5.74, 6) is -0.659. The summed E-state index contributed by atoms with van der Waals surface area (Å²) in [6.45, 7) is 7.84. The van der Waals surface area contributed by atoms with E-state index >= 15 is 0 Å². The van der Waals surface area contributed by atoms with Crippen molar-refractivity contribution in [2.24, 2.45) is 5.73 Å². The van der Waals surface area contributed by atoms with Crippen molar-refractivity contribution in [1.29, 1.82) is 0 Å². The Morgan fingerprint density at radius 1 is 1.35 bits per heavy atom. The van der Waals surface area contributed by atoms with Crippen molar-refractivity contribution in [3.05, 3.63) is 57.8 Å². The Labute approximate surface area is 204 Å². The molecule has 0 aromatic carbocycles. The minimum atomic E-state index is -1.67. The largest absolute Gasteiger partial charge is 0.593 e. The van der Waals surface area contributed by atoms with Crippen molar-refractivity contribution >= 4 is 23.1 Å². The molecule has 34 heavy (non-hydrogen) atoms. The van der Waals surface area contributed by atoms with E-state index in [0.29, 0.717) is 21.7 Å². The van der Waals surface area contributed by atoms with E-state index in [2.05, 4.69) is 21.9 Å². The Balaban J connectivity index is 2.67. The number of aliphatic hydroxyl groups excluding tert-OH is 2. The second kappa shape index (κ2) is 12.9. The molecule has 2 unspecified atom stereocenters. The monoisotopic (exact) mass is 492 g/mol. The second-order valence-electron chi connectivity index (χ2n) is 8.57. The van der Waals surface area contributed by atoms with Gasteiger partial charge in [0.2, 0.25) is 0 Å². The van der Waals surface area contributed by atoms with Crippen LogP contribution in [0.1, 0.15) is 46.5 Å². The Bertz CT molecular complexity index is 910. The summed E-state index contributed by atoms with van der Waals surface area (Å²) in [5, 5.41) is 24.5. The van der Waals surface area contributed by atoms with Gasteiger partial charge < -0.3 is 31.1 Å². The number of nitrogens with two attached hydrogens (primary N) is 1. The van der Waals surface area contributed by atoms with Crippen molar-refractivity contribution in [3.63, 3.8) is 0 Å². The van der Waals surface area contributed by atoms with Crippen LogP contribution in [0.5, 0.6) is 0 Å². The van der Waals surface area contributed by atoms with Gasteiger partial charge in [0, 0.05) is 22.9 Å². The number of amides is 1. The van der Waals surface area contributed by atoms with Crippen molar-refractivity contribution in [2.45, 2.75) is 64.6 Å². The molecular weight excluding hydrogens is 456 g/mol. The fourth-order valence-corrected chi connectivity index (χ4v) is 5.39. The number of rotatable bonds is 11. The van der Waals surface area contributed by atoms with Crippen molar-refractivity contribution in [2.75, 3.05) is 13.2 Å². The summed E-state index contributed by atoms with van der Waals surface area (Å²) in [4.78, 5) is 25.2. The highest BCUT2D eigenvalue weighted by Gasteiger charge is 2.31. The number of ketones is 1. The molecule has 9 nitrogen and oxygen atoms in total. The molecule has 1 amide bonds. The van der Waals surface area contributed by atoms with Crippen molar-refractivity contribution in [3.8, 4) is 0 Å². The van der Waals surface area contributed by atoms with Crippen LogP contribution >= 0.6 is 0 Å². The third-order valence-electron chi connectivity index (χ3n) is 5.81. The van der Waals surface area contributed by atoms with Gasteiger partial charge in [-0.2, -0.15) is 0 Å². The van der Waals surface area contributed by atoms with E-state index in [4.69, 9.17) is 5.73 Å². The fourth-order valence-electron chi connectivity index (χ4n) is 4.04. The van der Waals surface area contributed by atoms with Gasteiger partial charge in [0.05, 0.1) is 42.7 Å². The minimum absolute atomic E-state index is 0.0966. The lowest BCUT2D eigenvalue weighted by atomic mass is 9.97. The molecule has 1 fully saturated rings. The number of hydrogen-bond acceptors (Lipinski definition) is 8. The first-order valence-corrected chi connectivity index (χ1v) is 12.5. The highest BCUT2D eigenvalue weighted by Crippen LogP contribution is 2.28. The van der Waals surface area contributed by atoms with Gasteiger partial charge >= 0.3 is 0 Å². The zero-order valence-corrected chi connectivity index (χ0v) is 20.8. The van der Waals surface area contributed by atoms with Crippen LogP contribution in [0.4, 0.5) is 0 Å². The van der Waals surface area contributed by atoms with E-state index in [-0.39, 0.29) is 36.3 Å². The quantitative estimate of drug-likeness (QED) is 0.140. The molecule has 1 heterocycles. The number of allylic oxidation sites excluding steroid dienone is 5. The highest BCUT2D eigenvalue weighted by molar-refractivity contribution is 7.93. The maximum absolute atomic E-state index is 13.6. The van der Waals surface area contributed by atoms with E-state index in [1.54, 1.807) is 26.0 Å². The van der Waals surface area contributed by atoms with Gasteiger partial charge in [-0.1, -0.05) is 25.5 Å². The van der Waals surface area contributed by atoms with Crippen LogP contribution in [-0.2, 0) is 21.0 Å². The first-order chi connectivity index (χ1) is 16.1. The first kappa shape index (κ1) is 27.9. The van der Waals surface area contributed by atoms with E-state index in [9.17, 15) is 24.4 Å². The Morgan fingerprint density at radius 3 is 2.47 bits per heavy atom. The Morgan fingerprint density at radius 2 is 1.97 bits per heavy atom. The average molecular weight is 493 g/mol. The molecule has 2 atom stereocenters. The van der Waals surface area contributed by atoms with Crippen molar-refractivity contribution in [1.82, 2.24) is 15.4 Å². The smallest absolute Gasteiger partial charge is 0.267 e. The van der Waals surface area contributed by atoms with Gasteiger partial charge in [-0.15, -0.1) is 4.72 Å². The van der Waals surface area contributed by atoms with Crippen LogP contribution < -0.4 is 21.1 Å². The molecule has 0 aromatic heterocycles.